The minimum atomic E-state index is -2.54. The maximum atomic E-state index is 15.8. The van der Waals surface area contributed by atoms with Gasteiger partial charge in [-0.15, -0.1) is 0 Å². The molecule has 356 valence electrons. The third-order valence-electron chi connectivity index (χ3n) is 13.3. The molecule has 9 heteroatoms. The van der Waals surface area contributed by atoms with E-state index in [1.807, 2.05) is 135 Å². The van der Waals surface area contributed by atoms with Crippen molar-refractivity contribution < 1.29 is 34.1 Å². The first-order valence-electron chi connectivity index (χ1n) is 23.7. The number of carbonyl (C=O) groups excluding carboxylic acids is 4. The van der Waals surface area contributed by atoms with Gasteiger partial charge in [0.2, 0.25) is 0 Å². The van der Waals surface area contributed by atoms with E-state index in [2.05, 4.69) is 0 Å². The molecule has 0 aliphatic rings. The molecule has 8 aromatic rings. The summed E-state index contributed by atoms with van der Waals surface area (Å²) in [4.78, 5) is 65.9. The van der Waals surface area contributed by atoms with Crippen LogP contribution in [0, 0.1) is 11.8 Å². The molecule has 6 unspecified atom stereocenters. The van der Waals surface area contributed by atoms with Crippen LogP contribution < -0.4 is 0 Å². The molecule has 0 aliphatic heterocycles. The SMILES string of the molecule is CC(c1ccccc1)N(Cc1ccccc1)C(O)(c1ccccc1)C(C(=O)OC(=O)C(C(=O)c1ccccc1)C(O)(c1ccccc1)N(Cc1ccccc1)C(C)c1ccccc1)C(=O)c1ccccc1. The zero-order valence-corrected chi connectivity index (χ0v) is 39.6. The van der Waals surface area contributed by atoms with Crippen LogP contribution in [-0.4, -0.2) is 43.5 Å². The van der Waals surface area contributed by atoms with E-state index >= 15 is 19.2 Å². The van der Waals surface area contributed by atoms with E-state index in [1.165, 1.54) is 24.3 Å². The molecule has 71 heavy (non-hydrogen) atoms. The van der Waals surface area contributed by atoms with Crippen LogP contribution in [0.15, 0.2) is 243 Å². The first-order valence-corrected chi connectivity index (χ1v) is 23.7. The van der Waals surface area contributed by atoms with Gasteiger partial charge >= 0.3 is 11.9 Å². The lowest BCUT2D eigenvalue weighted by Gasteiger charge is -2.47. The van der Waals surface area contributed by atoms with Crippen molar-refractivity contribution >= 4 is 23.5 Å². The Balaban J connectivity index is 1.34. The molecule has 0 fully saturated rings. The standard InChI is InChI=1S/C62H56N2O7/c1-45(49-31-15-5-16-32-49)63(43-47-27-11-3-12-28-47)61(69,53-39-23-9-24-40-53)55(57(65)51-35-19-7-20-36-51)59(67)71-60(68)56(58(66)52-37-21-8-22-38-52)62(70,54-41-25-10-26-42-54)64(44-48-29-13-4-14-30-48)46(2)50-33-17-6-18-34-50/h3-42,45-46,55-56,69-70H,43-44H2,1-2H3. The molecule has 0 bridgehead atoms. The van der Waals surface area contributed by atoms with E-state index in [9.17, 15) is 10.2 Å². The van der Waals surface area contributed by atoms with Crippen LogP contribution in [-0.2, 0) is 38.9 Å². The second-order valence-electron chi connectivity index (χ2n) is 17.7. The third kappa shape index (κ3) is 10.8. The molecule has 9 nitrogen and oxygen atoms in total. The highest BCUT2D eigenvalue weighted by molar-refractivity contribution is 6.15. The van der Waals surface area contributed by atoms with Crippen molar-refractivity contribution in [1.29, 1.82) is 0 Å². The van der Waals surface area contributed by atoms with Crippen molar-refractivity contribution in [2.45, 2.75) is 50.5 Å². The van der Waals surface area contributed by atoms with E-state index in [0.29, 0.717) is 0 Å². The Morgan fingerprint density at radius 3 is 0.944 bits per heavy atom. The molecular weight excluding hydrogens is 885 g/mol. The van der Waals surface area contributed by atoms with Crippen LogP contribution in [0.5, 0.6) is 0 Å². The number of esters is 2. The topological polar surface area (TPSA) is 124 Å². The summed E-state index contributed by atoms with van der Waals surface area (Å²) in [7, 11) is 0. The Morgan fingerprint density at radius 1 is 0.394 bits per heavy atom. The first kappa shape index (κ1) is 49.5. The predicted molar refractivity (Wildman–Crippen MR) is 274 cm³/mol. The summed E-state index contributed by atoms with van der Waals surface area (Å²) in [5.74, 6) is -8.87. The molecule has 8 aromatic carbocycles. The molecule has 0 aromatic heterocycles. The largest absolute Gasteiger partial charge is 0.392 e. The fourth-order valence-corrected chi connectivity index (χ4v) is 9.52. The monoisotopic (exact) mass is 940 g/mol. The van der Waals surface area contributed by atoms with Gasteiger partial charge in [0.25, 0.3) is 0 Å². The van der Waals surface area contributed by atoms with Crippen LogP contribution in [0.4, 0.5) is 0 Å². The second-order valence-corrected chi connectivity index (χ2v) is 17.7. The van der Waals surface area contributed by atoms with Gasteiger partial charge in [-0.1, -0.05) is 243 Å². The van der Waals surface area contributed by atoms with Gasteiger partial charge in [-0.3, -0.25) is 29.0 Å². The predicted octanol–water partition coefficient (Wildman–Crippen LogP) is 11.3. The van der Waals surface area contributed by atoms with Crippen molar-refractivity contribution in [1.82, 2.24) is 9.80 Å². The van der Waals surface area contributed by atoms with Gasteiger partial charge < -0.3 is 14.9 Å². The minimum Gasteiger partial charge on any atom is -0.392 e. The zero-order valence-electron chi connectivity index (χ0n) is 39.6. The van der Waals surface area contributed by atoms with Crippen molar-refractivity contribution in [3.8, 4) is 0 Å². The van der Waals surface area contributed by atoms with E-state index in [1.54, 1.807) is 107 Å². The molecule has 0 heterocycles. The van der Waals surface area contributed by atoms with E-state index in [0.717, 1.165) is 22.3 Å². The van der Waals surface area contributed by atoms with Crippen molar-refractivity contribution in [3.63, 3.8) is 0 Å². The van der Waals surface area contributed by atoms with Crippen LogP contribution in [0.3, 0.4) is 0 Å². The Bertz CT molecular complexity index is 2780. The highest BCUT2D eigenvalue weighted by atomic mass is 16.6. The summed E-state index contributed by atoms with van der Waals surface area (Å²) < 4.78 is 6.07. The highest BCUT2D eigenvalue weighted by Crippen LogP contribution is 2.46. The number of ether oxygens (including phenoxy) is 1. The first-order chi connectivity index (χ1) is 34.5. The summed E-state index contributed by atoms with van der Waals surface area (Å²) in [5, 5.41) is 28.0. The number of hydrogen-bond donors (Lipinski definition) is 2. The second kappa shape index (κ2) is 22.7. The molecular formula is C62H56N2O7. The van der Waals surface area contributed by atoms with Crippen molar-refractivity contribution in [2.24, 2.45) is 11.8 Å². The molecule has 0 aliphatic carbocycles. The molecule has 0 saturated carbocycles. The molecule has 0 radical (unpaired) electrons. The molecule has 8 rings (SSSR count). The molecule has 0 saturated heterocycles. The highest BCUT2D eigenvalue weighted by Gasteiger charge is 2.58. The number of nitrogens with zero attached hydrogens (tertiary/aromatic N) is 2. The van der Waals surface area contributed by atoms with Gasteiger partial charge in [0.05, 0.1) is 0 Å². The average molecular weight is 941 g/mol. The lowest BCUT2D eigenvalue weighted by atomic mass is 9.79. The van der Waals surface area contributed by atoms with Crippen LogP contribution in [0.1, 0.15) is 80.0 Å². The summed E-state index contributed by atoms with van der Waals surface area (Å²) in [6.07, 6.45) is 0. The summed E-state index contributed by atoms with van der Waals surface area (Å²) in [6.45, 7) is 3.79. The smallest absolute Gasteiger partial charge is 0.329 e. The fourth-order valence-electron chi connectivity index (χ4n) is 9.52. The lowest BCUT2D eigenvalue weighted by molar-refractivity contribution is -0.203. The Morgan fingerprint density at radius 2 is 0.648 bits per heavy atom. The quantitative estimate of drug-likeness (QED) is 0.0333. The Kier molecular flexibility index (Phi) is 15.8. The summed E-state index contributed by atoms with van der Waals surface area (Å²) in [6, 6.07) is 69.0. The van der Waals surface area contributed by atoms with Crippen molar-refractivity contribution in [3.05, 3.63) is 287 Å². The fraction of sp³-hybridized carbons (Fsp3) is 0.161. The Labute approximate surface area is 415 Å². The van der Waals surface area contributed by atoms with Crippen LogP contribution in [0.25, 0.3) is 0 Å². The van der Waals surface area contributed by atoms with Gasteiger partial charge in [-0.25, -0.2) is 0 Å². The number of aliphatic hydroxyl groups is 2. The van der Waals surface area contributed by atoms with E-state index < -0.39 is 58.9 Å². The average Bonchev–Trinajstić information content (AvgIpc) is 3.43. The lowest BCUT2D eigenvalue weighted by Crippen LogP contribution is -2.59. The van der Waals surface area contributed by atoms with Crippen LogP contribution in [0.2, 0.25) is 0 Å². The van der Waals surface area contributed by atoms with Crippen LogP contribution >= 0.6 is 0 Å². The van der Waals surface area contributed by atoms with Gasteiger partial charge in [-0.2, -0.15) is 0 Å². The summed E-state index contributed by atoms with van der Waals surface area (Å²) in [5.41, 5.74) is -1.57. The number of carbonyl (C=O) groups is 4. The maximum absolute atomic E-state index is 15.8. The van der Waals surface area contributed by atoms with Gasteiger partial charge in [-0.05, 0) is 47.2 Å². The number of hydrogen-bond acceptors (Lipinski definition) is 9. The number of rotatable bonds is 20. The third-order valence-corrected chi connectivity index (χ3v) is 13.3. The molecule has 2 N–H and O–H groups in total. The molecule has 0 amide bonds. The minimum absolute atomic E-state index is 0.0246. The summed E-state index contributed by atoms with van der Waals surface area (Å²) >= 11 is 0. The van der Waals surface area contributed by atoms with Gasteiger partial charge in [0, 0.05) is 36.3 Å². The number of benzene rings is 8. The van der Waals surface area contributed by atoms with E-state index in [4.69, 9.17) is 4.74 Å². The Hall–Kier alpha value is -7.92. The number of ketones is 2. The molecule has 0 spiro atoms. The normalized spacial score (nSPS) is 14.8. The van der Waals surface area contributed by atoms with E-state index in [-0.39, 0.29) is 35.3 Å². The maximum Gasteiger partial charge on any atom is 0.329 e. The van der Waals surface area contributed by atoms with Gasteiger partial charge in [0.15, 0.2) is 34.9 Å². The van der Waals surface area contributed by atoms with Gasteiger partial charge in [0.1, 0.15) is 0 Å². The number of Topliss-reactive ketones (excluding diaryl/α,β-unsaturated/α-hetero) is 2. The van der Waals surface area contributed by atoms with Crippen molar-refractivity contribution in [2.75, 3.05) is 0 Å². The zero-order chi connectivity index (χ0) is 49.8. The molecule has 6 atom stereocenters.